The summed E-state index contributed by atoms with van der Waals surface area (Å²) in [6.07, 6.45) is 5.47. The summed E-state index contributed by atoms with van der Waals surface area (Å²) in [6, 6.07) is 4.70. The molecule has 0 aliphatic heterocycles. The molecular weight excluding hydrogens is 229 g/mol. The van der Waals surface area contributed by atoms with Gasteiger partial charge in [0, 0.05) is 7.05 Å². The molecule has 0 saturated heterocycles. The summed E-state index contributed by atoms with van der Waals surface area (Å²) in [5.74, 6) is 0.662. The molecule has 1 aliphatic rings. The number of imidazole rings is 1. The second kappa shape index (κ2) is 4.05. The number of benzene rings is 1. The van der Waals surface area contributed by atoms with Crippen molar-refractivity contribution in [2.45, 2.75) is 37.6 Å². The summed E-state index contributed by atoms with van der Waals surface area (Å²) < 4.78 is 15.2. The average molecular weight is 247 g/mol. The molecule has 0 bridgehead atoms. The van der Waals surface area contributed by atoms with Crippen LogP contribution in [-0.4, -0.2) is 9.55 Å². The van der Waals surface area contributed by atoms with E-state index < -0.39 is 0 Å². The molecule has 1 aromatic carbocycles. The molecule has 0 radical (unpaired) electrons. The molecule has 2 aromatic rings. The maximum Gasteiger partial charge on any atom is 0.129 e. The highest BCUT2D eigenvalue weighted by Crippen LogP contribution is 2.35. The van der Waals surface area contributed by atoms with Gasteiger partial charge in [-0.3, -0.25) is 0 Å². The van der Waals surface area contributed by atoms with E-state index in [4.69, 9.17) is 5.73 Å². The van der Waals surface area contributed by atoms with Crippen molar-refractivity contribution >= 4 is 11.0 Å². The van der Waals surface area contributed by atoms with Crippen molar-refractivity contribution in [3.8, 4) is 0 Å². The van der Waals surface area contributed by atoms with E-state index in [1.165, 1.54) is 18.6 Å². The molecule has 1 heterocycles. The van der Waals surface area contributed by atoms with Gasteiger partial charge in [-0.15, -0.1) is 0 Å². The first-order valence-corrected chi connectivity index (χ1v) is 6.51. The summed E-state index contributed by atoms with van der Waals surface area (Å²) in [5.41, 5.74) is 7.80. The molecule has 0 spiro atoms. The number of hydrogen-bond donors (Lipinski definition) is 1. The Labute approximate surface area is 106 Å². The fourth-order valence-corrected chi connectivity index (χ4v) is 3.01. The summed E-state index contributed by atoms with van der Waals surface area (Å²) in [7, 11) is 1.92. The lowest BCUT2D eigenvalue weighted by Crippen LogP contribution is -2.41. The Hall–Kier alpha value is -1.42. The van der Waals surface area contributed by atoms with Crippen molar-refractivity contribution in [2.24, 2.45) is 12.8 Å². The number of aromatic nitrogens is 2. The monoisotopic (exact) mass is 247 g/mol. The number of aryl methyl sites for hydroxylation is 1. The largest absolute Gasteiger partial charge is 0.329 e. The fraction of sp³-hybridized carbons (Fsp3) is 0.500. The minimum atomic E-state index is -0.345. The Balaban J connectivity index is 2.14. The van der Waals surface area contributed by atoms with Crippen molar-refractivity contribution in [1.82, 2.24) is 9.55 Å². The lowest BCUT2D eigenvalue weighted by atomic mass is 9.82. The van der Waals surface area contributed by atoms with Crippen LogP contribution in [0.1, 0.15) is 37.9 Å². The zero-order valence-electron chi connectivity index (χ0n) is 10.6. The van der Waals surface area contributed by atoms with Gasteiger partial charge in [0.2, 0.25) is 0 Å². The number of hydrogen-bond acceptors (Lipinski definition) is 2. The Bertz CT molecular complexity index is 582. The molecule has 1 aliphatic carbocycles. The molecule has 0 unspecified atom stereocenters. The molecular formula is C14H18FN3. The van der Waals surface area contributed by atoms with Crippen LogP contribution in [0.25, 0.3) is 11.0 Å². The normalized spacial score (nSPS) is 19.3. The van der Waals surface area contributed by atoms with Crippen LogP contribution in [0.2, 0.25) is 0 Å². The summed E-state index contributed by atoms with van der Waals surface area (Å²) in [4.78, 5) is 4.62. The molecule has 18 heavy (non-hydrogen) atoms. The van der Waals surface area contributed by atoms with Crippen molar-refractivity contribution in [1.29, 1.82) is 0 Å². The van der Waals surface area contributed by atoms with E-state index in [0.717, 1.165) is 42.5 Å². The molecule has 3 nitrogen and oxygen atoms in total. The molecule has 1 fully saturated rings. The first-order chi connectivity index (χ1) is 8.60. The highest BCUT2D eigenvalue weighted by Gasteiger charge is 2.33. The van der Waals surface area contributed by atoms with Crippen LogP contribution in [0.5, 0.6) is 0 Å². The molecule has 3 rings (SSSR count). The van der Waals surface area contributed by atoms with E-state index >= 15 is 0 Å². The topological polar surface area (TPSA) is 43.8 Å². The predicted octanol–water partition coefficient (Wildman–Crippen LogP) is 2.83. The van der Waals surface area contributed by atoms with Crippen molar-refractivity contribution in [2.75, 3.05) is 0 Å². The standard InChI is InChI=1S/C14H18FN3/c1-18-12-9-10(15)5-6-11(12)17-13(18)14(16)7-3-2-4-8-14/h5-6,9H,2-4,7-8,16H2,1H3. The molecule has 4 heteroatoms. The summed E-state index contributed by atoms with van der Waals surface area (Å²) in [6.45, 7) is 0. The molecule has 0 atom stereocenters. The van der Waals surface area contributed by atoms with Gasteiger partial charge in [-0.25, -0.2) is 9.37 Å². The smallest absolute Gasteiger partial charge is 0.129 e. The third-order valence-corrected chi connectivity index (χ3v) is 4.03. The second-order valence-electron chi connectivity index (χ2n) is 5.34. The fourth-order valence-electron chi connectivity index (χ4n) is 3.01. The molecule has 1 saturated carbocycles. The number of nitrogens with two attached hydrogens (primary N) is 1. The summed E-state index contributed by atoms with van der Waals surface area (Å²) >= 11 is 0. The SMILES string of the molecule is Cn1c(C2(N)CCCCC2)nc2ccc(F)cc21. The minimum absolute atomic E-state index is 0.230. The Morgan fingerprint density at radius 2 is 2.00 bits per heavy atom. The van der Waals surface area contributed by atoms with E-state index in [9.17, 15) is 4.39 Å². The first kappa shape index (κ1) is 11.7. The Kier molecular flexibility index (Phi) is 2.63. The van der Waals surface area contributed by atoms with Gasteiger partial charge in [-0.2, -0.15) is 0 Å². The van der Waals surface area contributed by atoms with Crippen molar-refractivity contribution in [3.05, 3.63) is 29.8 Å². The van der Waals surface area contributed by atoms with Gasteiger partial charge < -0.3 is 10.3 Å². The van der Waals surface area contributed by atoms with Crippen LogP contribution in [0, 0.1) is 5.82 Å². The number of rotatable bonds is 1. The van der Waals surface area contributed by atoms with Gasteiger partial charge in [0.1, 0.15) is 11.6 Å². The molecule has 0 amide bonds. The average Bonchev–Trinajstić information content (AvgIpc) is 2.68. The second-order valence-corrected chi connectivity index (χ2v) is 5.34. The van der Waals surface area contributed by atoms with Gasteiger partial charge in [0.15, 0.2) is 0 Å². The van der Waals surface area contributed by atoms with E-state index in [1.54, 1.807) is 6.07 Å². The molecule has 2 N–H and O–H groups in total. The van der Waals surface area contributed by atoms with E-state index in [-0.39, 0.29) is 11.4 Å². The van der Waals surface area contributed by atoms with Crippen LogP contribution in [-0.2, 0) is 12.6 Å². The maximum atomic E-state index is 13.3. The zero-order valence-corrected chi connectivity index (χ0v) is 10.6. The van der Waals surface area contributed by atoms with Gasteiger partial charge >= 0.3 is 0 Å². The van der Waals surface area contributed by atoms with Gasteiger partial charge in [0.05, 0.1) is 16.6 Å². The third kappa shape index (κ3) is 1.72. The van der Waals surface area contributed by atoms with E-state index in [0.29, 0.717) is 0 Å². The Morgan fingerprint density at radius 1 is 1.28 bits per heavy atom. The van der Waals surface area contributed by atoms with Gasteiger partial charge in [0.25, 0.3) is 0 Å². The Morgan fingerprint density at radius 3 is 2.72 bits per heavy atom. The van der Waals surface area contributed by atoms with Crippen LogP contribution in [0.4, 0.5) is 4.39 Å². The third-order valence-electron chi connectivity index (χ3n) is 4.03. The highest BCUT2D eigenvalue weighted by molar-refractivity contribution is 5.76. The molecule has 1 aromatic heterocycles. The highest BCUT2D eigenvalue weighted by atomic mass is 19.1. The number of fused-ring (bicyclic) bond motifs is 1. The molecule has 96 valence electrons. The van der Waals surface area contributed by atoms with Crippen molar-refractivity contribution in [3.63, 3.8) is 0 Å². The van der Waals surface area contributed by atoms with Crippen LogP contribution < -0.4 is 5.73 Å². The van der Waals surface area contributed by atoms with Crippen LogP contribution >= 0.6 is 0 Å². The van der Waals surface area contributed by atoms with Gasteiger partial charge in [-0.05, 0) is 31.0 Å². The van der Waals surface area contributed by atoms with Crippen LogP contribution in [0.3, 0.4) is 0 Å². The van der Waals surface area contributed by atoms with E-state index in [1.807, 2.05) is 11.6 Å². The first-order valence-electron chi connectivity index (χ1n) is 6.51. The predicted molar refractivity (Wildman–Crippen MR) is 69.6 cm³/mol. The number of halogens is 1. The quantitative estimate of drug-likeness (QED) is 0.842. The lowest BCUT2D eigenvalue weighted by Gasteiger charge is -2.32. The zero-order chi connectivity index (χ0) is 12.8. The summed E-state index contributed by atoms with van der Waals surface area (Å²) in [5, 5.41) is 0. The maximum absolute atomic E-state index is 13.3. The van der Waals surface area contributed by atoms with E-state index in [2.05, 4.69) is 4.98 Å². The number of nitrogens with zero attached hydrogens (tertiary/aromatic N) is 2. The van der Waals surface area contributed by atoms with Crippen LogP contribution in [0.15, 0.2) is 18.2 Å². The lowest BCUT2D eigenvalue weighted by molar-refractivity contribution is 0.282. The van der Waals surface area contributed by atoms with Gasteiger partial charge in [-0.1, -0.05) is 19.3 Å². The van der Waals surface area contributed by atoms with Crippen molar-refractivity contribution < 1.29 is 4.39 Å². The minimum Gasteiger partial charge on any atom is -0.329 e.